The molecule has 1 aliphatic heterocycles. The van der Waals surface area contributed by atoms with Crippen LogP contribution in [-0.2, 0) is 0 Å². The molecular weight excluding hydrogens is 208 g/mol. The Labute approximate surface area is 108 Å². The number of nitrogens with two attached hydrogens (primary N) is 1. The number of hydrogen-bond acceptors (Lipinski definition) is 2. The van der Waals surface area contributed by atoms with E-state index in [1.165, 1.54) is 25.9 Å². The molecule has 17 heavy (non-hydrogen) atoms. The Bertz CT molecular complexity index is 222. The van der Waals surface area contributed by atoms with Gasteiger partial charge in [0.1, 0.15) is 0 Å². The van der Waals surface area contributed by atoms with Crippen molar-refractivity contribution in [1.82, 2.24) is 4.90 Å². The molecule has 1 fully saturated rings. The van der Waals surface area contributed by atoms with E-state index in [0.29, 0.717) is 5.92 Å². The van der Waals surface area contributed by atoms with Gasteiger partial charge in [0.2, 0.25) is 0 Å². The number of likely N-dealkylation sites (tertiary alicyclic amines) is 1. The van der Waals surface area contributed by atoms with Crippen molar-refractivity contribution in [1.29, 1.82) is 0 Å². The van der Waals surface area contributed by atoms with Crippen molar-refractivity contribution in [3.63, 3.8) is 0 Å². The minimum absolute atomic E-state index is 0.0312. The Kier molecular flexibility index (Phi) is 5.03. The van der Waals surface area contributed by atoms with Crippen LogP contribution >= 0.6 is 0 Å². The fraction of sp³-hybridized carbons (Fsp3) is 1.00. The minimum atomic E-state index is -0.0312. The second kappa shape index (κ2) is 5.71. The summed E-state index contributed by atoms with van der Waals surface area (Å²) in [6.45, 7) is 16.2. The zero-order chi connectivity index (χ0) is 13.2. The average molecular weight is 240 g/mol. The van der Waals surface area contributed by atoms with E-state index >= 15 is 0 Å². The number of hydrogen-bond donors (Lipinski definition) is 1. The Morgan fingerprint density at radius 1 is 1.06 bits per heavy atom. The van der Waals surface area contributed by atoms with E-state index in [-0.39, 0.29) is 5.54 Å². The largest absolute Gasteiger partial charge is 0.325 e. The van der Waals surface area contributed by atoms with Crippen molar-refractivity contribution >= 4 is 0 Å². The molecule has 0 aliphatic carbocycles. The molecular formula is C15H32N2. The fourth-order valence-corrected chi connectivity index (χ4v) is 2.86. The van der Waals surface area contributed by atoms with Gasteiger partial charge < -0.3 is 10.6 Å². The molecule has 1 aliphatic rings. The molecule has 1 rings (SSSR count). The van der Waals surface area contributed by atoms with E-state index in [1.807, 2.05) is 0 Å². The second-order valence-electron chi connectivity index (χ2n) is 6.97. The topological polar surface area (TPSA) is 29.3 Å². The van der Waals surface area contributed by atoms with Crippen molar-refractivity contribution < 1.29 is 0 Å². The van der Waals surface area contributed by atoms with Crippen LogP contribution in [0.2, 0.25) is 0 Å². The SMILES string of the molecule is CC(C)C(C)N1CCC(C(C)C(C)(C)N)CC1. The molecule has 0 bridgehead atoms. The van der Waals surface area contributed by atoms with Crippen molar-refractivity contribution in [2.24, 2.45) is 23.5 Å². The Morgan fingerprint density at radius 3 is 1.88 bits per heavy atom. The predicted molar refractivity (Wildman–Crippen MR) is 76.0 cm³/mol. The zero-order valence-corrected chi connectivity index (χ0v) is 12.7. The third kappa shape index (κ3) is 3.96. The van der Waals surface area contributed by atoms with Crippen molar-refractivity contribution in [2.75, 3.05) is 13.1 Å². The van der Waals surface area contributed by atoms with Crippen LogP contribution in [0.3, 0.4) is 0 Å². The van der Waals surface area contributed by atoms with Crippen LogP contribution in [0.15, 0.2) is 0 Å². The van der Waals surface area contributed by atoms with Crippen LogP contribution in [0.25, 0.3) is 0 Å². The van der Waals surface area contributed by atoms with Crippen LogP contribution in [0.1, 0.15) is 54.4 Å². The van der Waals surface area contributed by atoms with Crippen LogP contribution in [0, 0.1) is 17.8 Å². The summed E-state index contributed by atoms with van der Waals surface area (Å²) >= 11 is 0. The maximum Gasteiger partial charge on any atom is 0.0125 e. The highest BCUT2D eigenvalue weighted by molar-refractivity contribution is 4.88. The maximum atomic E-state index is 6.24. The van der Waals surface area contributed by atoms with Gasteiger partial charge in [0.25, 0.3) is 0 Å². The Hall–Kier alpha value is -0.0800. The number of nitrogens with zero attached hydrogens (tertiary/aromatic N) is 1. The highest BCUT2D eigenvalue weighted by Gasteiger charge is 2.32. The molecule has 102 valence electrons. The fourth-order valence-electron chi connectivity index (χ4n) is 2.86. The number of piperidine rings is 1. The minimum Gasteiger partial charge on any atom is -0.325 e. The zero-order valence-electron chi connectivity index (χ0n) is 12.7. The van der Waals surface area contributed by atoms with E-state index in [9.17, 15) is 0 Å². The summed E-state index contributed by atoms with van der Waals surface area (Å²) in [7, 11) is 0. The first kappa shape index (κ1) is 15.0. The highest BCUT2D eigenvalue weighted by atomic mass is 15.2. The summed E-state index contributed by atoms with van der Waals surface area (Å²) in [4.78, 5) is 2.65. The summed E-state index contributed by atoms with van der Waals surface area (Å²) in [6, 6.07) is 0.720. The predicted octanol–water partition coefficient (Wildman–Crippen LogP) is 3.12. The molecule has 2 heteroatoms. The third-order valence-electron chi connectivity index (χ3n) is 5.00. The molecule has 0 saturated carbocycles. The molecule has 0 spiro atoms. The van der Waals surface area contributed by atoms with E-state index in [4.69, 9.17) is 5.73 Å². The average Bonchev–Trinajstić information content (AvgIpc) is 2.26. The lowest BCUT2D eigenvalue weighted by molar-refractivity contribution is 0.0814. The second-order valence-corrected chi connectivity index (χ2v) is 6.97. The highest BCUT2D eigenvalue weighted by Crippen LogP contribution is 2.31. The molecule has 2 atom stereocenters. The molecule has 1 saturated heterocycles. The quantitative estimate of drug-likeness (QED) is 0.818. The van der Waals surface area contributed by atoms with Crippen molar-refractivity contribution in [3.05, 3.63) is 0 Å². The van der Waals surface area contributed by atoms with Gasteiger partial charge in [-0.25, -0.2) is 0 Å². The summed E-state index contributed by atoms with van der Waals surface area (Å²) in [6.07, 6.45) is 2.64. The van der Waals surface area contributed by atoms with Gasteiger partial charge in [-0.2, -0.15) is 0 Å². The summed E-state index contributed by atoms with van der Waals surface area (Å²) in [5.74, 6) is 2.19. The summed E-state index contributed by atoms with van der Waals surface area (Å²) in [5.41, 5.74) is 6.21. The van der Waals surface area contributed by atoms with Gasteiger partial charge in [0.05, 0.1) is 0 Å². The lowest BCUT2D eigenvalue weighted by Crippen LogP contribution is -2.48. The molecule has 0 aromatic rings. The summed E-state index contributed by atoms with van der Waals surface area (Å²) in [5, 5.41) is 0. The molecule has 0 radical (unpaired) electrons. The molecule has 2 nitrogen and oxygen atoms in total. The van der Waals surface area contributed by atoms with E-state index in [2.05, 4.69) is 46.4 Å². The molecule has 1 heterocycles. The molecule has 0 amide bonds. The van der Waals surface area contributed by atoms with Gasteiger partial charge in [0, 0.05) is 11.6 Å². The van der Waals surface area contributed by atoms with Crippen molar-refractivity contribution in [2.45, 2.75) is 66.0 Å². The van der Waals surface area contributed by atoms with E-state index < -0.39 is 0 Å². The lowest BCUT2D eigenvalue weighted by atomic mass is 9.75. The maximum absolute atomic E-state index is 6.24. The third-order valence-corrected chi connectivity index (χ3v) is 5.00. The lowest BCUT2D eigenvalue weighted by Gasteiger charge is -2.42. The number of rotatable bonds is 4. The standard InChI is InChI=1S/C15H32N2/c1-11(2)13(4)17-9-7-14(8-10-17)12(3)15(5,6)16/h11-14H,7-10,16H2,1-6H3. The first-order valence-electron chi connectivity index (χ1n) is 7.26. The normalized spacial score (nSPS) is 24.0. The van der Waals surface area contributed by atoms with Gasteiger partial charge in [0.15, 0.2) is 0 Å². The molecule has 2 unspecified atom stereocenters. The summed E-state index contributed by atoms with van der Waals surface area (Å²) < 4.78 is 0. The van der Waals surface area contributed by atoms with Gasteiger partial charge in [-0.05, 0) is 64.5 Å². The first-order chi connectivity index (χ1) is 7.73. The van der Waals surface area contributed by atoms with Crippen LogP contribution < -0.4 is 5.73 Å². The first-order valence-corrected chi connectivity index (χ1v) is 7.26. The van der Waals surface area contributed by atoms with Gasteiger partial charge in [-0.15, -0.1) is 0 Å². The molecule has 0 aromatic carbocycles. The van der Waals surface area contributed by atoms with Gasteiger partial charge in [-0.3, -0.25) is 0 Å². The monoisotopic (exact) mass is 240 g/mol. The van der Waals surface area contributed by atoms with E-state index in [1.54, 1.807) is 0 Å². The Morgan fingerprint density at radius 2 is 1.53 bits per heavy atom. The molecule has 0 aromatic heterocycles. The molecule has 2 N–H and O–H groups in total. The van der Waals surface area contributed by atoms with Crippen LogP contribution in [-0.4, -0.2) is 29.6 Å². The van der Waals surface area contributed by atoms with Crippen LogP contribution in [0.5, 0.6) is 0 Å². The van der Waals surface area contributed by atoms with Crippen molar-refractivity contribution in [3.8, 4) is 0 Å². The smallest absolute Gasteiger partial charge is 0.0125 e. The van der Waals surface area contributed by atoms with Gasteiger partial charge in [-0.1, -0.05) is 20.8 Å². The van der Waals surface area contributed by atoms with Gasteiger partial charge >= 0.3 is 0 Å². The Balaban J connectivity index is 2.46. The van der Waals surface area contributed by atoms with E-state index in [0.717, 1.165) is 17.9 Å². The van der Waals surface area contributed by atoms with Crippen LogP contribution in [0.4, 0.5) is 0 Å².